The van der Waals surface area contributed by atoms with Gasteiger partial charge in [-0.3, -0.25) is 19.1 Å². The lowest BCUT2D eigenvalue weighted by molar-refractivity contribution is -0.146. The van der Waals surface area contributed by atoms with E-state index in [-0.39, 0.29) is 13.0 Å². The molecule has 0 spiro atoms. The van der Waals surface area contributed by atoms with Crippen LogP contribution in [-0.4, -0.2) is 44.8 Å². The number of nitrogens with zero attached hydrogens (tertiary/aromatic N) is 4. The molecule has 0 aliphatic rings. The van der Waals surface area contributed by atoms with Crippen molar-refractivity contribution in [3.05, 3.63) is 96.3 Å². The van der Waals surface area contributed by atoms with Gasteiger partial charge in [-0.25, -0.2) is 4.98 Å². The molecule has 0 radical (unpaired) electrons. The molecule has 2 aromatic carbocycles. The van der Waals surface area contributed by atoms with Gasteiger partial charge in [0.1, 0.15) is 31.6 Å². The van der Waals surface area contributed by atoms with Gasteiger partial charge in [-0.05, 0) is 24.6 Å². The van der Waals surface area contributed by atoms with Gasteiger partial charge in [-0.2, -0.15) is 4.73 Å². The molecular formula is C27H27N5O4. The van der Waals surface area contributed by atoms with Crippen LogP contribution in [0.1, 0.15) is 17.0 Å². The van der Waals surface area contributed by atoms with Crippen molar-refractivity contribution in [2.75, 3.05) is 7.11 Å². The molecule has 36 heavy (non-hydrogen) atoms. The Balaban J connectivity index is 0.000000173. The average molecular weight is 486 g/mol. The van der Waals surface area contributed by atoms with E-state index >= 15 is 0 Å². The van der Waals surface area contributed by atoms with Crippen LogP contribution >= 0.6 is 0 Å². The summed E-state index contributed by atoms with van der Waals surface area (Å²) >= 11 is 0. The van der Waals surface area contributed by atoms with Crippen LogP contribution in [-0.2, 0) is 27.4 Å². The van der Waals surface area contributed by atoms with E-state index in [9.17, 15) is 9.59 Å². The lowest BCUT2D eigenvalue weighted by atomic mass is 10.2. The summed E-state index contributed by atoms with van der Waals surface area (Å²) in [6.07, 6.45) is 5.52. The molecular weight excluding hydrogens is 458 g/mol. The number of pyridine rings is 1. The number of benzene rings is 2. The van der Waals surface area contributed by atoms with E-state index in [0.29, 0.717) is 12.1 Å². The molecule has 3 aromatic heterocycles. The number of nitrogens with two attached hydrogens (primary N) is 1. The van der Waals surface area contributed by atoms with Gasteiger partial charge >= 0.3 is 5.97 Å². The molecule has 0 aliphatic heterocycles. The molecule has 0 aliphatic carbocycles. The van der Waals surface area contributed by atoms with Gasteiger partial charge < -0.3 is 15.3 Å². The van der Waals surface area contributed by atoms with Crippen LogP contribution < -0.4 is 10.6 Å². The lowest BCUT2D eigenvalue weighted by Crippen LogP contribution is -2.35. The highest BCUT2D eigenvalue weighted by atomic mass is 16.6. The van der Waals surface area contributed by atoms with Crippen LogP contribution in [0.3, 0.4) is 0 Å². The molecule has 5 rings (SSSR count). The largest absolute Gasteiger partial charge is 0.460 e. The SMILES string of the molecule is COn1c2ccccc2c2ccnc(C)c21.NC(Cc1cncn1C=O)C(=O)OCc1ccccc1. The Morgan fingerprint density at radius 1 is 1.08 bits per heavy atom. The summed E-state index contributed by atoms with van der Waals surface area (Å²) in [5.41, 5.74) is 10.3. The summed E-state index contributed by atoms with van der Waals surface area (Å²) in [5.74, 6) is -0.507. The van der Waals surface area contributed by atoms with Crippen LogP contribution in [0.5, 0.6) is 0 Å². The number of imidazole rings is 1. The minimum absolute atomic E-state index is 0.181. The summed E-state index contributed by atoms with van der Waals surface area (Å²) < 4.78 is 8.25. The maximum Gasteiger partial charge on any atom is 0.323 e. The number of carbonyl (C=O) groups excluding carboxylic acids is 2. The van der Waals surface area contributed by atoms with E-state index in [2.05, 4.69) is 22.1 Å². The predicted molar refractivity (Wildman–Crippen MR) is 137 cm³/mol. The molecule has 0 fully saturated rings. The molecule has 184 valence electrons. The smallest absolute Gasteiger partial charge is 0.323 e. The fraction of sp³-hybridized carbons (Fsp3) is 0.185. The Bertz CT molecular complexity index is 1480. The number of carbonyl (C=O) groups is 2. The summed E-state index contributed by atoms with van der Waals surface area (Å²) in [6, 6.07) is 18.8. The Morgan fingerprint density at radius 2 is 1.83 bits per heavy atom. The standard InChI is InChI=1S/C14H15N3O3.C13H12N2O/c15-13(6-12-7-16-9-17(12)10-18)14(19)20-8-11-4-2-1-3-5-11;1-9-13-11(7-8-14-9)10-5-3-4-6-12(10)15(13)16-2/h1-5,7,9-10,13H,6,8,15H2;3-8H,1-2H3. The first-order chi connectivity index (χ1) is 17.5. The first kappa shape index (κ1) is 24.6. The Kier molecular flexibility index (Phi) is 7.72. The van der Waals surface area contributed by atoms with E-state index in [1.807, 2.05) is 66.4 Å². The number of para-hydroxylation sites is 1. The number of rotatable bonds is 7. The van der Waals surface area contributed by atoms with Gasteiger partial charge in [0.05, 0.1) is 11.2 Å². The van der Waals surface area contributed by atoms with Crippen LogP contribution in [0.15, 0.2) is 79.4 Å². The lowest BCUT2D eigenvalue weighted by Gasteiger charge is -2.11. The maximum absolute atomic E-state index is 11.8. The molecule has 5 aromatic rings. The topological polar surface area (TPSA) is 114 Å². The zero-order chi connectivity index (χ0) is 25.5. The number of aromatic nitrogens is 4. The van der Waals surface area contributed by atoms with Crippen molar-refractivity contribution in [1.29, 1.82) is 0 Å². The fourth-order valence-corrected chi connectivity index (χ4v) is 3.95. The maximum atomic E-state index is 11.8. The fourth-order valence-electron chi connectivity index (χ4n) is 3.95. The third-order valence-electron chi connectivity index (χ3n) is 5.72. The molecule has 9 nitrogen and oxygen atoms in total. The van der Waals surface area contributed by atoms with Gasteiger partial charge in [-0.15, -0.1) is 0 Å². The molecule has 1 atom stereocenters. The molecule has 9 heteroatoms. The van der Waals surface area contributed by atoms with Crippen molar-refractivity contribution in [3.63, 3.8) is 0 Å². The number of esters is 1. The summed E-state index contributed by atoms with van der Waals surface area (Å²) in [5, 5.41) is 2.38. The summed E-state index contributed by atoms with van der Waals surface area (Å²) in [7, 11) is 1.68. The zero-order valence-electron chi connectivity index (χ0n) is 20.1. The van der Waals surface area contributed by atoms with E-state index in [0.717, 1.165) is 22.3 Å². The van der Waals surface area contributed by atoms with Gasteiger partial charge in [-0.1, -0.05) is 48.5 Å². The summed E-state index contributed by atoms with van der Waals surface area (Å²) in [4.78, 5) is 36.1. The second kappa shape index (κ2) is 11.3. The first-order valence-electron chi connectivity index (χ1n) is 11.3. The molecule has 3 heterocycles. The third-order valence-corrected chi connectivity index (χ3v) is 5.72. The first-order valence-corrected chi connectivity index (χ1v) is 11.3. The van der Waals surface area contributed by atoms with Crippen LogP contribution in [0.25, 0.3) is 21.8 Å². The van der Waals surface area contributed by atoms with Crippen LogP contribution in [0.2, 0.25) is 0 Å². The molecule has 0 saturated carbocycles. The minimum atomic E-state index is -0.825. The van der Waals surface area contributed by atoms with Gasteiger partial charge in [0.25, 0.3) is 0 Å². The molecule has 0 bridgehead atoms. The second-order valence-corrected chi connectivity index (χ2v) is 8.09. The zero-order valence-corrected chi connectivity index (χ0v) is 20.1. The predicted octanol–water partition coefficient (Wildman–Crippen LogP) is 3.09. The molecule has 2 N–H and O–H groups in total. The van der Waals surface area contributed by atoms with E-state index < -0.39 is 12.0 Å². The second-order valence-electron chi connectivity index (χ2n) is 8.09. The normalized spacial score (nSPS) is 11.5. The van der Waals surface area contributed by atoms with Crippen molar-refractivity contribution in [1.82, 2.24) is 19.3 Å². The molecule has 0 amide bonds. The van der Waals surface area contributed by atoms with Gasteiger partial charge in [0.2, 0.25) is 6.41 Å². The molecule has 0 saturated heterocycles. The monoisotopic (exact) mass is 485 g/mol. The van der Waals surface area contributed by atoms with E-state index in [1.54, 1.807) is 7.11 Å². The highest BCUT2D eigenvalue weighted by molar-refractivity contribution is 6.08. The minimum Gasteiger partial charge on any atom is -0.460 e. The van der Waals surface area contributed by atoms with Crippen molar-refractivity contribution < 1.29 is 19.2 Å². The average Bonchev–Trinajstić information content (AvgIpc) is 3.50. The Hall–Kier alpha value is -4.50. The number of fused-ring (bicyclic) bond motifs is 3. The van der Waals surface area contributed by atoms with Crippen LogP contribution in [0, 0.1) is 6.92 Å². The van der Waals surface area contributed by atoms with Crippen molar-refractivity contribution >= 4 is 34.2 Å². The number of ether oxygens (including phenoxy) is 1. The number of hydrogen-bond donors (Lipinski definition) is 1. The quantitative estimate of drug-likeness (QED) is 0.278. The van der Waals surface area contributed by atoms with E-state index in [1.165, 1.54) is 27.9 Å². The Morgan fingerprint density at radius 3 is 2.58 bits per heavy atom. The number of hydrogen-bond acceptors (Lipinski definition) is 7. The van der Waals surface area contributed by atoms with Crippen molar-refractivity contribution in [3.8, 4) is 0 Å². The van der Waals surface area contributed by atoms with Gasteiger partial charge in [0.15, 0.2) is 0 Å². The Labute approximate surface area is 208 Å². The van der Waals surface area contributed by atoms with Crippen molar-refractivity contribution in [2.45, 2.75) is 26.0 Å². The molecule has 1 unspecified atom stereocenters. The van der Waals surface area contributed by atoms with E-state index in [4.69, 9.17) is 15.3 Å². The third kappa shape index (κ3) is 5.26. The van der Waals surface area contributed by atoms with Crippen molar-refractivity contribution in [2.24, 2.45) is 5.73 Å². The highest BCUT2D eigenvalue weighted by Gasteiger charge is 2.18. The summed E-state index contributed by atoms with van der Waals surface area (Å²) in [6.45, 7) is 2.18. The van der Waals surface area contributed by atoms with Crippen LogP contribution in [0.4, 0.5) is 0 Å². The number of aryl methyl sites for hydroxylation is 1. The van der Waals surface area contributed by atoms with Gasteiger partial charge in [0, 0.05) is 35.3 Å². The highest BCUT2D eigenvalue weighted by Crippen LogP contribution is 2.28.